The van der Waals surface area contributed by atoms with E-state index in [0.29, 0.717) is 19.3 Å². The summed E-state index contributed by atoms with van der Waals surface area (Å²) in [6, 6.07) is -4.21. The average molecular weight is 320 g/mol. The van der Waals surface area contributed by atoms with Crippen LogP contribution in [0.5, 0.6) is 0 Å². The van der Waals surface area contributed by atoms with E-state index in [4.69, 9.17) is 11.0 Å². The van der Waals surface area contributed by atoms with Gasteiger partial charge in [0.15, 0.2) is 5.69 Å². The maximum absolute atomic E-state index is 13.2. The first kappa shape index (κ1) is 8.29. The molecule has 0 spiro atoms. The Hall–Kier alpha value is -1.88. The van der Waals surface area contributed by atoms with Crippen LogP contribution in [0.3, 0.4) is 0 Å². The molecule has 1 N–H and O–H groups in total. The van der Waals surface area contributed by atoms with Crippen LogP contribution in [-0.4, -0.2) is 45.8 Å². The van der Waals surface area contributed by atoms with Gasteiger partial charge < -0.3 is 10.2 Å². The summed E-state index contributed by atoms with van der Waals surface area (Å²) in [5, 5.41) is 6.52. The van der Waals surface area contributed by atoms with Crippen molar-refractivity contribution in [2.24, 2.45) is 7.05 Å². The second-order valence-electron chi connectivity index (χ2n) is 6.06. The standard InChI is InChI=1S/C18H24N4O/c1-21-13-6-5-7-14(21)11-12(10-13)19-18(23)17-15-8-3-4-9-16(15)22(2)20-17/h3-4,8-9,12-14H,5-7,10-11H2,1-2H3,(H,19,23)/i3D,4D,8D,9D,10D2,11D2. The number of hydrogen-bond acceptors (Lipinski definition) is 3. The minimum absolute atomic E-state index is 0.0578. The molecule has 2 aliphatic rings. The summed E-state index contributed by atoms with van der Waals surface area (Å²) in [5.41, 5.74) is -0.220. The third-order valence-corrected chi connectivity index (χ3v) is 4.63. The highest BCUT2D eigenvalue weighted by molar-refractivity contribution is 6.04. The number of para-hydroxylation sites is 1. The highest BCUT2D eigenvalue weighted by Crippen LogP contribution is 2.32. The number of rotatable bonds is 2. The molecule has 2 unspecified atom stereocenters. The molecule has 0 saturated carbocycles. The quantitative estimate of drug-likeness (QED) is 0.924. The van der Waals surface area contributed by atoms with Gasteiger partial charge in [0.25, 0.3) is 5.91 Å². The summed E-state index contributed by atoms with van der Waals surface area (Å²) in [4.78, 5) is 14.9. The fourth-order valence-corrected chi connectivity index (χ4v) is 3.38. The minimum Gasteiger partial charge on any atom is -0.348 e. The number of hydrogen-bond donors (Lipinski definition) is 1. The summed E-state index contributed by atoms with van der Waals surface area (Å²) in [6.45, 7) is 0. The smallest absolute Gasteiger partial charge is 0.272 e. The van der Waals surface area contributed by atoms with E-state index in [1.165, 1.54) is 11.7 Å². The van der Waals surface area contributed by atoms with E-state index < -0.39 is 54.9 Å². The zero-order chi connectivity index (χ0) is 23.0. The van der Waals surface area contributed by atoms with E-state index in [2.05, 4.69) is 10.4 Å². The van der Waals surface area contributed by atoms with Crippen LogP contribution in [0.25, 0.3) is 10.9 Å². The van der Waals surface area contributed by atoms with Crippen LogP contribution < -0.4 is 5.32 Å². The van der Waals surface area contributed by atoms with Gasteiger partial charge in [-0.2, -0.15) is 5.10 Å². The van der Waals surface area contributed by atoms with Crippen LogP contribution in [0.4, 0.5) is 0 Å². The molecule has 1 amide bonds. The van der Waals surface area contributed by atoms with Gasteiger partial charge in [0.2, 0.25) is 0 Å². The topological polar surface area (TPSA) is 50.2 Å². The van der Waals surface area contributed by atoms with Gasteiger partial charge >= 0.3 is 0 Å². The number of aromatic nitrogens is 2. The van der Waals surface area contributed by atoms with Gasteiger partial charge in [-0.05, 0) is 38.7 Å². The molecule has 2 bridgehead atoms. The Morgan fingerprint density at radius 3 is 2.74 bits per heavy atom. The third-order valence-electron chi connectivity index (χ3n) is 4.63. The Bertz CT molecular complexity index is 1060. The zero-order valence-electron chi connectivity index (χ0n) is 21.1. The maximum Gasteiger partial charge on any atom is 0.272 e. The molecule has 5 nitrogen and oxygen atoms in total. The first-order valence-electron chi connectivity index (χ1n) is 11.8. The van der Waals surface area contributed by atoms with E-state index in [1.54, 1.807) is 11.9 Å². The second kappa shape index (κ2) is 5.64. The van der Waals surface area contributed by atoms with Crippen LogP contribution >= 0.6 is 0 Å². The highest BCUT2D eigenvalue weighted by atomic mass is 16.2. The Morgan fingerprint density at radius 2 is 2.00 bits per heavy atom. The van der Waals surface area contributed by atoms with E-state index in [-0.39, 0.29) is 22.6 Å². The molecule has 122 valence electrons. The van der Waals surface area contributed by atoms with Gasteiger partial charge in [0, 0.05) is 36.0 Å². The Labute approximate surface area is 147 Å². The van der Waals surface area contributed by atoms with E-state index in [9.17, 15) is 4.79 Å². The van der Waals surface area contributed by atoms with Gasteiger partial charge in [-0.25, -0.2) is 0 Å². The molecule has 23 heavy (non-hydrogen) atoms. The zero-order valence-corrected chi connectivity index (χ0v) is 13.1. The molecular weight excluding hydrogens is 288 g/mol. The average Bonchev–Trinajstić information content (AvgIpc) is 3.04. The van der Waals surface area contributed by atoms with Crippen molar-refractivity contribution in [1.82, 2.24) is 20.0 Å². The summed E-state index contributed by atoms with van der Waals surface area (Å²) in [5.74, 6) is -0.865. The molecule has 2 aromatic rings. The van der Waals surface area contributed by atoms with E-state index in [1.807, 2.05) is 0 Å². The maximum atomic E-state index is 13.2. The largest absolute Gasteiger partial charge is 0.348 e. The number of carbonyl (C=O) groups excluding carboxylic acids is 1. The number of benzene rings is 1. The SMILES string of the molecule is [2H]c1c([2H])c([2H])c2c(c(C(=O)NC3C([2H])([2H])C4CCCC(N4C)C3([2H])[2H])nn2C)c1[2H]. The molecule has 2 saturated heterocycles. The number of aryl methyl sites for hydroxylation is 1. The molecule has 2 atom stereocenters. The second-order valence-corrected chi connectivity index (χ2v) is 6.06. The highest BCUT2D eigenvalue weighted by Gasteiger charge is 2.36. The molecule has 4 rings (SSSR count). The molecule has 1 aromatic heterocycles. The van der Waals surface area contributed by atoms with Gasteiger partial charge in [-0.1, -0.05) is 24.5 Å². The lowest BCUT2D eigenvalue weighted by atomic mass is 9.82. The van der Waals surface area contributed by atoms with Gasteiger partial charge in [0.05, 0.1) is 11.0 Å². The molecule has 1 aromatic carbocycles. The number of carbonyl (C=O) groups is 1. The molecule has 5 heteroatoms. The van der Waals surface area contributed by atoms with Crippen LogP contribution in [0.2, 0.25) is 0 Å². The minimum atomic E-state index is -2.05. The van der Waals surface area contributed by atoms with Crippen molar-refractivity contribution in [1.29, 1.82) is 0 Å². The molecule has 2 fully saturated rings. The summed E-state index contributed by atoms with van der Waals surface area (Å²) < 4.78 is 67.8. The number of piperidine rings is 2. The monoisotopic (exact) mass is 320 g/mol. The molecular formula is C18H24N4O. The van der Waals surface area contributed by atoms with E-state index in [0.717, 1.165) is 0 Å². The molecule has 0 aliphatic carbocycles. The molecule has 2 aliphatic heterocycles. The van der Waals surface area contributed by atoms with Crippen molar-refractivity contribution < 1.29 is 15.8 Å². The Balaban J connectivity index is 1.79. The van der Waals surface area contributed by atoms with Crippen LogP contribution in [0.1, 0.15) is 53.5 Å². The predicted octanol–water partition coefficient (Wildman–Crippen LogP) is 2.32. The number of nitrogens with one attached hydrogen (secondary N) is 1. The number of amides is 1. The first-order chi connectivity index (χ1) is 14.3. The number of fused-ring (bicyclic) bond motifs is 3. The third kappa shape index (κ3) is 2.53. The lowest BCUT2D eigenvalue weighted by molar-refractivity contribution is 0.0462. The van der Waals surface area contributed by atoms with Crippen LogP contribution in [0.15, 0.2) is 24.2 Å². The summed E-state index contributed by atoms with van der Waals surface area (Å²) in [6.07, 6.45) is -2.27. The van der Waals surface area contributed by atoms with Gasteiger partial charge in [-0.3, -0.25) is 9.48 Å². The lowest BCUT2D eigenvalue weighted by Crippen LogP contribution is -2.55. The van der Waals surface area contributed by atoms with Crippen molar-refractivity contribution in [2.75, 3.05) is 7.05 Å². The van der Waals surface area contributed by atoms with Crippen LogP contribution in [-0.2, 0) is 7.05 Å². The van der Waals surface area contributed by atoms with Crippen LogP contribution in [0, 0.1) is 0 Å². The predicted molar refractivity (Wildman–Crippen MR) is 90.4 cm³/mol. The van der Waals surface area contributed by atoms with E-state index >= 15 is 0 Å². The molecule has 3 heterocycles. The normalized spacial score (nSPS) is 37.4. The molecule has 0 radical (unpaired) electrons. The lowest BCUT2D eigenvalue weighted by Gasteiger charge is -2.47. The summed E-state index contributed by atoms with van der Waals surface area (Å²) in [7, 11) is 3.17. The first-order valence-corrected chi connectivity index (χ1v) is 7.77. The summed E-state index contributed by atoms with van der Waals surface area (Å²) >= 11 is 0. The van der Waals surface area contributed by atoms with Crippen molar-refractivity contribution >= 4 is 16.8 Å². The fourth-order valence-electron chi connectivity index (χ4n) is 3.38. The fraction of sp³-hybridized carbons (Fsp3) is 0.556. The van der Waals surface area contributed by atoms with Crippen molar-refractivity contribution in [3.05, 3.63) is 29.9 Å². The van der Waals surface area contributed by atoms with Crippen molar-refractivity contribution in [3.8, 4) is 0 Å². The number of nitrogens with zero attached hydrogens (tertiary/aromatic N) is 3. The Morgan fingerprint density at radius 1 is 1.30 bits per heavy atom. The Kier molecular flexibility index (Phi) is 2.03. The van der Waals surface area contributed by atoms with Crippen molar-refractivity contribution in [2.45, 2.75) is 50.1 Å². The van der Waals surface area contributed by atoms with Gasteiger partial charge in [0.1, 0.15) is 0 Å². The van der Waals surface area contributed by atoms with Crippen molar-refractivity contribution in [3.63, 3.8) is 0 Å². The van der Waals surface area contributed by atoms with Gasteiger partial charge in [-0.15, -0.1) is 0 Å².